The summed E-state index contributed by atoms with van der Waals surface area (Å²) in [4.78, 5) is 13.9. The van der Waals surface area contributed by atoms with E-state index in [1.54, 1.807) is 0 Å². The van der Waals surface area contributed by atoms with Crippen molar-refractivity contribution in [3.63, 3.8) is 0 Å². The van der Waals surface area contributed by atoms with E-state index in [0.29, 0.717) is 6.42 Å². The fourth-order valence-electron chi connectivity index (χ4n) is 2.05. The average molecular weight is 273 g/mol. The molecule has 0 aromatic heterocycles. The lowest BCUT2D eigenvalue weighted by Gasteiger charge is -2.32. The van der Waals surface area contributed by atoms with Crippen LogP contribution in [0.1, 0.15) is 41.0 Å². The highest BCUT2D eigenvalue weighted by Crippen LogP contribution is 2.11. The van der Waals surface area contributed by atoms with Gasteiger partial charge in [0.15, 0.2) is 0 Å². The molecule has 0 radical (unpaired) electrons. The Bertz CT molecular complexity index is 259. The lowest BCUT2D eigenvalue weighted by atomic mass is 9.95. The molecule has 114 valence electrons. The second-order valence-electron chi connectivity index (χ2n) is 5.38. The fourth-order valence-corrected chi connectivity index (χ4v) is 2.05. The highest BCUT2D eigenvalue weighted by Gasteiger charge is 2.31. The third kappa shape index (κ3) is 7.50. The minimum Gasteiger partial charge on any atom is -0.380 e. The smallest absolute Gasteiger partial charge is 0.237 e. The summed E-state index contributed by atoms with van der Waals surface area (Å²) in [5.74, 6) is -0.290. The van der Waals surface area contributed by atoms with E-state index < -0.39 is 5.54 Å². The number of ether oxygens (including phenoxy) is 1. The van der Waals surface area contributed by atoms with Gasteiger partial charge in [0.25, 0.3) is 0 Å². The number of nitrogens with zero attached hydrogens (tertiary/aromatic N) is 1. The van der Waals surface area contributed by atoms with Gasteiger partial charge in [0.05, 0.1) is 12.1 Å². The van der Waals surface area contributed by atoms with E-state index in [4.69, 9.17) is 10.5 Å². The number of amides is 1. The molecule has 3 N–H and O–H groups in total. The fraction of sp³-hybridized carbons (Fsp3) is 0.929. The minimum absolute atomic E-state index is 0.232. The Labute approximate surface area is 117 Å². The van der Waals surface area contributed by atoms with E-state index in [-0.39, 0.29) is 11.9 Å². The van der Waals surface area contributed by atoms with Crippen molar-refractivity contribution in [1.29, 1.82) is 0 Å². The molecule has 0 aromatic rings. The summed E-state index contributed by atoms with van der Waals surface area (Å²) >= 11 is 0. The molecule has 0 fully saturated rings. The highest BCUT2D eigenvalue weighted by molar-refractivity contribution is 5.84. The lowest BCUT2D eigenvalue weighted by Crippen LogP contribution is -2.56. The third-order valence-corrected chi connectivity index (χ3v) is 3.28. The SMILES string of the molecule is CCOCCN(CC)CCC(C)(NC(C)C)C(N)=O. The number of primary amides is 1. The zero-order valence-corrected chi connectivity index (χ0v) is 13.2. The molecule has 5 heteroatoms. The van der Waals surface area contributed by atoms with Gasteiger partial charge in [0, 0.05) is 25.7 Å². The summed E-state index contributed by atoms with van der Waals surface area (Å²) in [5.41, 5.74) is 4.88. The third-order valence-electron chi connectivity index (χ3n) is 3.28. The van der Waals surface area contributed by atoms with E-state index >= 15 is 0 Å². The zero-order chi connectivity index (χ0) is 14.9. The maximum Gasteiger partial charge on any atom is 0.237 e. The Balaban J connectivity index is 4.31. The largest absolute Gasteiger partial charge is 0.380 e. The van der Waals surface area contributed by atoms with E-state index in [0.717, 1.165) is 32.8 Å². The molecular weight excluding hydrogens is 242 g/mol. The number of carbonyl (C=O) groups is 1. The molecule has 1 unspecified atom stereocenters. The quantitative estimate of drug-likeness (QED) is 0.551. The standard InChI is InChI=1S/C14H31N3O2/c1-6-17(10-11-19-7-2)9-8-14(5,13(15)18)16-12(3)4/h12,16H,6-11H2,1-5H3,(H2,15,18). The maximum absolute atomic E-state index is 11.6. The van der Waals surface area contributed by atoms with Gasteiger partial charge in [0.1, 0.15) is 0 Å². The molecule has 0 aliphatic carbocycles. The number of carbonyl (C=O) groups excluding carboxylic acids is 1. The van der Waals surface area contributed by atoms with Crippen LogP contribution in [-0.2, 0) is 9.53 Å². The van der Waals surface area contributed by atoms with Crippen LogP contribution in [0.2, 0.25) is 0 Å². The Morgan fingerprint density at radius 2 is 2.00 bits per heavy atom. The van der Waals surface area contributed by atoms with Gasteiger partial charge >= 0.3 is 0 Å². The maximum atomic E-state index is 11.6. The highest BCUT2D eigenvalue weighted by atomic mass is 16.5. The Hall–Kier alpha value is -0.650. The number of hydrogen-bond donors (Lipinski definition) is 2. The summed E-state index contributed by atoms with van der Waals surface area (Å²) in [6.07, 6.45) is 0.709. The molecule has 19 heavy (non-hydrogen) atoms. The van der Waals surface area contributed by atoms with Crippen LogP contribution in [0.3, 0.4) is 0 Å². The van der Waals surface area contributed by atoms with Crippen molar-refractivity contribution >= 4 is 5.91 Å². The minimum atomic E-state index is -0.646. The van der Waals surface area contributed by atoms with Gasteiger partial charge in [-0.3, -0.25) is 4.79 Å². The van der Waals surface area contributed by atoms with E-state index in [1.807, 2.05) is 27.7 Å². The van der Waals surface area contributed by atoms with Gasteiger partial charge in [-0.05, 0) is 40.7 Å². The molecule has 0 heterocycles. The van der Waals surface area contributed by atoms with Crippen molar-refractivity contribution in [3.8, 4) is 0 Å². The van der Waals surface area contributed by atoms with E-state index in [1.165, 1.54) is 0 Å². The second-order valence-corrected chi connectivity index (χ2v) is 5.38. The predicted octanol–water partition coefficient (Wildman–Crippen LogP) is 0.977. The normalized spacial score (nSPS) is 14.9. The summed E-state index contributed by atoms with van der Waals surface area (Å²) in [5, 5.41) is 3.27. The molecule has 0 saturated carbocycles. The number of likely N-dealkylation sites (N-methyl/N-ethyl adjacent to an activating group) is 1. The van der Waals surface area contributed by atoms with Crippen LogP contribution in [0, 0.1) is 0 Å². The monoisotopic (exact) mass is 273 g/mol. The molecule has 5 nitrogen and oxygen atoms in total. The first kappa shape index (κ1) is 18.4. The van der Waals surface area contributed by atoms with E-state index in [2.05, 4.69) is 17.1 Å². The first-order valence-electron chi connectivity index (χ1n) is 7.23. The van der Waals surface area contributed by atoms with Crippen LogP contribution >= 0.6 is 0 Å². The van der Waals surface area contributed by atoms with Gasteiger partial charge < -0.3 is 20.7 Å². The van der Waals surface area contributed by atoms with Gasteiger partial charge in [-0.15, -0.1) is 0 Å². The molecule has 0 aliphatic heterocycles. The van der Waals surface area contributed by atoms with Crippen LogP contribution in [0.25, 0.3) is 0 Å². The van der Waals surface area contributed by atoms with Gasteiger partial charge in [-0.2, -0.15) is 0 Å². The van der Waals surface area contributed by atoms with Gasteiger partial charge in [-0.25, -0.2) is 0 Å². The number of rotatable bonds is 11. The topological polar surface area (TPSA) is 67.6 Å². The van der Waals surface area contributed by atoms with Crippen molar-refractivity contribution in [2.75, 3.05) is 32.8 Å². The van der Waals surface area contributed by atoms with Gasteiger partial charge in [-0.1, -0.05) is 6.92 Å². The number of nitrogens with two attached hydrogens (primary N) is 1. The molecule has 0 saturated heterocycles. The summed E-state index contributed by atoms with van der Waals surface area (Å²) < 4.78 is 5.36. The van der Waals surface area contributed by atoms with Crippen LogP contribution in [0.4, 0.5) is 0 Å². The van der Waals surface area contributed by atoms with Crippen LogP contribution < -0.4 is 11.1 Å². The number of nitrogens with one attached hydrogen (secondary N) is 1. The van der Waals surface area contributed by atoms with Crippen molar-refractivity contribution in [1.82, 2.24) is 10.2 Å². The molecule has 0 bridgehead atoms. The first-order valence-corrected chi connectivity index (χ1v) is 7.23. The summed E-state index contributed by atoms with van der Waals surface area (Å²) in [7, 11) is 0. The summed E-state index contributed by atoms with van der Waals surface area (Å²) in [6, 6.07) is 0.232. The van der Waals surface area contributed by atoms with Crippen LogP contribution in [-0.4, -0.2) is 55.2 Å². The van der Waals surface area contributed by atoms with Gasteiger partial charge in [0.2, 0.25) is 5.91 Å². The zero-order valence-electron chi connectivity index (χ0n) is 13.2. The van der Waals surface area contributed by atoms with Crippen LogP contribution in [0.5, 0.6) is 0 Å². The molecule has 0 aromatic carbocycles. The first-order chi connectivity index (χ1) is 8.85. The molecule has 0 rings (SSSR count). The van der Waals surface area contributed by atoms with Crippen LogP contribution in [0.15, 0.2) is 0 Å². The van der Waals surface area contributed by atoms with Crippen molar-refractivity contribution in [2.45, 2.75) is 52.6 Å². The summed E-state index contributed by atoms with van der Waals surface area (Å²) in [6.45, 7) is 14.2. The molecular formula is C14H31N3O2. The number of hydrogen-bond acceptors (Lipinski definition) is 4. The molecule has 0 aliphatic rings. The van der Waals surface area contributed by atoms with Crippen molar-refractivity contribution in [2.24, 2.45) is 5.73 Å². The molecule has 0 spiro atoms. The average Bonchev–Trinajstić information content (AvgIpc) is 2.32. The Morgan fingerprint density at radius 1 is 1.37 bits per heavy atom. The molecule has 1 atom stereocenters. The van der Waals surface area contributed by atoms with Crippen molar-refractivity contribution < 1.29 is 9.53 Å². The molecule has 1 amide bonds. The predicted molar refractivity (Wildman–Crippen MR) is 79.1 cm³/mol. The van der Waals surface area contributed by atoms with E-state index in [9.17, 15) is 4.79 Å². The Morgan fingerprint density at radius 3 is 2.42 bits per heavy atom. The van der Waals surface area contributed by atoms with Crippen molar-refractivity contribution in [3.05, 3.63) is 0 Å². The lowest BCUT2D eigenvalue weighted by molar-refractivity contribution is -0.124. The Kier molecular flexibility index (Phi) is 8.97. The second kappa shape index (κ2) is 9.28.